The zero-order chi connectivity index (χ0) is 28.0. The van der Waals surface area contributed by atoms with Crippen molar-refractivity contribution in [3.8, 4) is 17.3 Å². The van der Waals surface area contributed by atoms with Gasteiger partial charge in [0.15, 0.2) is 5.65 Å². The van der Waals surface area contributed by atoms with Gasteiger partial charge in [-0.2, -0.15) is 5.10 Å². The average Bonchev–Trinajstić information content (AvgIpc) is 3.60. The molecule has 5 aromatic heterocycles. The standard InChI is InChI=1S/C30H37N9O/c1-18(2)26-27(23-16-39-29(33-17-34-39)20(4)19(23)3)35-24-7-8-25(36-28(24)26)38-11-9-22(10-12-38)37(5)15-21-13-31-30(40-6)32-14-21/h7-8,13-14,16-18,22,35H,9-12,15H2,1-6H3. The van der Waals surface area contributed by atoms with E-state index in [2.05, 4.69) is 87.9 Å². The van der Waals surface area contributed by atoms with Gasteiger partial charge in [-0.3, -0.25) is 4.90 Å². The number of piperidine rings is 1. The largest absolute Gasteiger partial charge is 0.467 e. The molecule has 40 heavy (non-hydrogen) atoms. The lowest BCUT2D eigenvalue weighted by molar-refractivity contribution is 0.199. The third-order valence-electron chi connectivity index (χ3n) is 8.35. The van der Waals surface area contributed by atoms with Crippen LogP contribution in [0.25, 0.3) is 27.9 Å². The fourth-order valence-corrected chi connectivity index (χ4v) is 5.96. The van der Waals surface area contributed by atoms with E-state index in [0.717, 1.165) is 77.4 Å². The molecule has 0 aromatic carbocycles. The Kier molecular flexibility index (Phi) is 6.87. The van der Waals surface area contributed by atoms with E-state index in [0.29, 0.717) is 18.0 Å². The van der Waals surface area contributed by atoms with Gasteiger partial charge >= 0.3 is 6.01 Å². The summed E-state index contributed by atoms with van der Waals surface area (Å²) in [5, 5.41) is 4.41. The van der Waals surface area contributed by atoms with Crippen molar-refractivity contribution in [3.05, 3.63) is 59.3 Å². The molecule has 0 bridgehead atoms. The summed E-state index contributed by atoms with van der Waals surface area (Å²) in [5.41, 5.74) is 9.97. The molecule has 0 atom stereocenters. The van der Waals surface area contributed by atoms with Crippen molar-refractivity contribution in [1.82, 2.24) is 39.4 Å². The number of hydrogen-bond acceptors (Lipinski definition) is 8. The van der Waals surface area contributed by atoms with E-state index in [-0.39, 0.29) is 0 Å². The summed E-state index contributed by atoms with van der Waals surface area (Å²) < 4.78 is 6.95. The van der Waals surface area contributed by atoms with Crippen LogP contribution in [0.4, 0.5) is 5.82 Å². The van der Waals surface area contributed by atoms with Gasteiger partial charge in [-0.1, -0.05) is 13.8 Å². The van der Waals surface area contributed by atoms with Gasteiger partial charge in [0, 0.05) is 61.0 Å². The molecule has 5 aromatic rings. The van der Waals surface area contributed by atoms with Crippen LogP contribution in [0.3, 0.4) is 0 Å². The van der Waals surface area contributed by atoms with Crippen LogP contribution in [-0.2, 0) is 6.54 Å². The molecule has 0 saturated carbocycles. The first-order chi connectivity index (χ1) is 19.3. The number of aryl methyl sites for hydroxylation is 1. The monoisotopic (exact) mass is 539 g/mol. The van der Waals surface area contributed by atoms with Crippen molar-refractivity contribution < 1.29 is 4.74 Å². The average molecular weight is 540 g/mol. The molecule has 10 heteroatoms. The molecule has 208 valence electrons. The predicted octanol–water partition coefficient (Wildman–Crippen LogP) is 4.91. The molecular weight excluding hydrogens is 502 g/mol. The third kappa shape index (κ3) is 4.66. The SMILES string of the molecule is COc1ncc(CN(C)C2CCN(c3ccc4[nH]c(-c5cn6ncnc6c(C)c5C)c(C(C)C)c4n3)CC2)cn1. The molecule has 1 N–H and O–H groups in total. The first-order valence-electron chi connectivity index (χ1n) is 14.0. The highest BCUT2D eigenvalue weighted by Gasteiger charge is 2.25. The number of anilines is 1. The van der Waals surface area contributed by atoms with Crippen molar-refractivity contribution in [2.24, 2.45) is 0 Å². The second-order valence-electron chi connectivity index (χ2n) is 11.2. The number of nitrogens with zero attached hydrogens (tertiary/aromatic N) is 8. The summed E-state index contributed by atoms with van der Waals surface area (Å²) in [6, 6.07) is 5.25. The number of nitrogens with one attached hydrogen (secondary N) is 1. The molecule has 1 saturated heterocycles. The first kappa shape index (κ1) is 26.2. The maximum Gasteiger partial charge on any atom is 0.316 e. The number of aromatic amines is 1. The molecule has 6 heterocycles. The third-order valence-corrected chi connectivity index (χ3v) is 8.35. The zero-order valence-corrected chi connectivity index (χ0v) is 24.1. The highest BCUT2D eigenvalue weighted by molar-refractivity contribution is 5.90. The highest BCUT2D eigenvalue weighted by Crippen LogP contribution is 2.38. The molecular formula is C30H37N9O. The van der Waals surface area contributed by atoms with Crippen molar-refractivity contribution >= 4 is 22.5 Å². The first-order valence-corrected chi connectivity index (χ1v) is 14.0. The van der Waals surface area contributed by atoms with Gasteiger partial charge in [0.25, 0.3) is 0 Å². The van der Waals surface area contributed by atoms with E-state index in [1.54, 1.807) is 13.4 Å². The highest BCUT2D eigenvalue weighted by atomic mass is 16.5. The molecule has 10 nitrogen and oxygen atoms in total. The molecule has 0 aliphatic carbocycles. The quantitative estimate of drug-likeness (QED) is 0.311. The van der Waals surface area contributed by atoms with E-state index < -0.39 is 0 Å². The minimum absolute atomic E-state index is 0.305. The Labute approximate surface area is 234 Å². The number of pyridine rings is 2. The Morgan fingerprint density at radius 3 is 2.52 bits per heavy atom. The van der Waals surface area contributed by atoms with Crippen LogP contribution in [0.2, 0.25) is 0 Å². The Morgan fingerprint density at radius 2 is 1.82 bits per heavy atom. The van der Waals surface area contributed by atoms with Crippen molar-refractivity contribution in [1.29, 1.82) is 0 Å². The Balaban J connectivity index is 1.23. The Morgan fingerprint density at radius 1 is 1.07 bits per heavy atom. The molecule has 0 spiro atoms. The number of H-pyrrole nitrogens is 1. The fourth-order valence-electron chi connectivity index (χ4n) is 5.96. The van der Waals surface area contributed by atoms with Crippen LogP contribution in [-0.4, -0.2) is 72.7 Å². The zero-order valence-electron chi connectivity index (χ0n) is 24.1. The smallest absolute Gasteiger partial charge is 0.316 e. The second-order valence-corrected chi connectivity index (χ2v) is 11.2. The second kappa shape index (κ2) is 10.5. The number of fused-ring (bicyclic) bond motifs is 2. The Bertz CT molecular complexity index is 1650. The van der Waals surface area contributed by atoms with Gasteiger partial charge in [-0.25, -0.2) is 24.5 Å². The van der Waals surface area contributed by atoms with Crippen LogP contribution in [0.5, 0.6) is 6.01 Å². The predicted molar refractivity (Wildman–Crippen MR) is 157 cm³/mol. The maximum atomic E-state index is 5.24. The molecule has 6 rings (SSSR count). The lowest BCUT2D eigenvalue weighted by atomic mass is 9.95. The molecule has 1 aliphatic rings. The lowest BCUT2D eigenvalue weighted by Crippen LogP contribution is -2.43. The number of ether oxygens (including phenoxy) is 1. The van der Waals surface area contributed by atoms with Crippen molar-refractivity contribution in [2.75, 3.05) is 32.1 Å². The van der Waals surface area contributed by atoms with Gasteiger partial charge in [0.05, 0.1) is 23.8 Å². The van der Waals surface area contributed by atoms with Crippen molar-refractivity contribution in [3.63, 3.8) is 0 Å². The van der Waals surface area contributed by atoms with Gasteiger partial charge in [0.1, 0.15) is 12.1 Å². The van der Waals surface area contributed by atoms with E-state index in [1.165, 1.54) is 11.1 Å². The minimum Gasteiger partial charge on any atom is -0.467 e. The summed E-state index contributed by atoms with van der Waals surface area (Å²) in [6.45, 7) is 11.5. The summed E-state index contributed by atoms with van der Waals surface area (Å²) >= 11 is 0. The van der Waals surface area contributed by atoms with Crippen LogP contribution < -0.4 is 9.64 Å². The summed E-state index contributed by atoms with van der Waals surface area (Å²) in [5.74, 6) is 1.35. The van der Waals surface area contributed by atoms with Gasteiger partial charge in [-0.15, -0.1) is 0 Å². The van der Waals surface area contributed by atoms with Crippen LogP contribution in [0, 0.1) is 13.8 Å². The normalized spacial score (nSPS) is 14.8. The molecule has 0 amide bonds. The molecule has 1 aliphatic heterocycles. The van der Waals surface area contributed by atoms with Crippen LogP contribution in [0.15, 0.2) is 37.1 Å². The number of rotatable bonds is 7. The Hall–Kier alpha value is -4.05. The molecule has 1 fully saturated rings. The number of hydrogen-bond donors (Lipinski definition) is 1. The number of methoxy groups -OCH3 is 1. The molecule has 0 radical (unpaired) electrons. The number of aromatic nitrogens is 7. The summed E-state index contributed by atoms with van der Waals surface area (Å²) in [6.07, 6.45) is 9.56. The minimum atomic E-state index is 0.305. The van der Waals surface area contributed by atoms with Crippen LogP contribution in [0.1, 0.15) is 54.9 Å². The lowest BCUT2D eigenvalue weighted by Gasteiger charge is -2.37. The van der Waals surface area contributed by atoms with Crippen molar-refractivity contribution in [2.45, 2.75) is 59.0 Å². The van der Waals surface area contributed by atoms with E-state index in [1.807, 2.05) is 16.9 Å². The van der Waals surface area contributed by atoms with E-state index >= 15 is 0 Å². The van der Waals surface area contributed by atoms with Gasteiger partial charge < -0.3 is 14.6 Å². The van der Waals surface area contributed by atoms with Crippen LogP contribution >= 0.6 is 0 Å². The topological polar surface area (TPSA) is 100 Å². The van der Waals surface area contributed by atoms with E-state index in [4.69, 9.17) is 9.72 Å². The molecule has 0 unspecified atom stereocenters. The van der Waals surface area contributed by atoms with Gasteiger partial charge in [-0.05, 0) is 62.9 Å². The summed E-state index contributed by atoms with van der Waals surface area (Å²) in [4.78, 5) is 26.7. The van der Waals surface area contributed by atoms with Gasteiger partial charge in [0.2, 0.25) is 0 Å². The maximum absolute atomic E-state index is 5.24. The fraction of sp³-hybridized carbons (Fsp3) is 0.433. The summed E-state index contributed by atoms with van der Waals surface area (Å²) in [7, 11) is 3.77. The van der Waals surface area contributed by atoms with E-state index in [9.17, 15) is 0 Å².